The molecule has 0 spiro atoms. The fourth-order valence-electron chi connectivity index (χ4n) is 1.56. The number of pyridine rings is 1. The third-order valence-electron chi connectivity index (χ3n) is 2.50. The predicted molar refractivity (Wildman–Crippen MR) is 72.5 cm³/mol. The number of hydrogen-bond acceptors (Lipinski definition) is 3. The van der Waals surface area contributed by atoms with Crippen LogP contribution in [-0.2, 0) is 11.3 Å². The number of hydrogen-bond donors (Lipinski definition) is 1. The topological polar surface area (TPSA) is 68.5 Å². The number of aryl methyl sites for hydroxylation is 1. The molecule has 5 heteroatoms. The monoisotopic (exact) mass is 265 g/mol. The van der Waals surface area contributed by atoms with E-state index in [4.69, 9.17) is 9.84 Å². The van der Waals surface area contributed by atoms with Crippen molar-refractivity contribution in [1.82, 2.24) is 4.57 Å². The maximum Gasteiger partial charge on any atom is 0.303 e. The smallest absolute Gasteiger partial charge is 0.303 e. The molecule has 1 rings (SSSR count). The summed E-state index contributed by atoms with van der Waals surface area (Å²) < 4.78 is 6.89. The highest BCUT2D eigenvalue weighted by molar-refractivity contribution is 5.66. The lowest BCUT2D eigenvalue weighted by Crippen LogP contribution is -2.21. The number of carboxylic acid groups (broad SMARTS) is 1. The van der Waals surface area contributed by atoms with Crippen LogP contribution in [0.5, 0.6) is 5.75 Å². The van der Waals surface area contributed by atoms with Crippen molar-refractivity contribution in [3.8, 4) is 5.75 Å². The second-order valence-corrected chi connectivity index (χ2v) is 4.47. The number of nitrogens with zero attached hydrogens (tertiary/aromatic N) is 1. The van der Waals surface area contributed by atoms with E-state index in [1.807, 2.05) is 6.92 Å². The lowest BCUT2D eigenvalue weighted by Gasteiger charge is -2.09. The molecule has 0 bridgehead atoms. The number of aromatic nitrogens is 1. The molecule has 0 unspecified atom stereocenters. The van der Waals surface area contributed by atoms with Gasteiger partial charge in [-0.1, -0.05) is 6.58 Å². The summed E-state index contributed by atoms with van der Waals surface area (Å²) in [5.74, 6) is -0.519. The Hall–Kier alpha value is -2.04. The molecule has 0 aliphatic rings. The van der Waals surface area contributed by atoms with E-state index in [-0.39, 0.29) is 12.0 Å². The number of carboxylic acids is 1. The summed E-state index contributed by atoms with van der Waals surface area (Å²) in [5.41, 5.74) is 0.648. The fourth-order valence-corrected chi connectivity index (χ4v) is 1.56. The molecule has 0 radical (unpaired) electrons. The summed E-state index contributed by atoms with van der Waals surface area (Å²) >= 11 is 0. The zero-order chi connectivity index (χ0) is 14.3. The standard InChI is InChI=1S/C14H19NO4/c1-11(2)10-19-12-6-5-9-15(14(12)18)8-4-3-7-13(16)17/h5-6,9H,1,3-4,7-8,10H2,2H3,(H,16,17). The predicted octanol–water partition coefficient (Wildman–Crippen LogP) is 2.06. The summed E-state index contributed by atoms with van der Waals surface area (Å²) in [7, 11) is 0. The Labute approximate surface area is 112 Å². The molecule has 19 heavy (non-hydrogen) atoms. The van der Waals surface area contributed by atoms with Crippen molar-refractivity contribution in [2.45, 2.75) is 32.7 Å². The molecule has 104 valence electrons. The molecule has 1 heterocycles. The maximum absolute atomic E-state index is 12.0. The summed E-state index contributed by atoms with van der Waals surface area (Å²) in [6, 6.07) is 3.37. The second kappa shape index (κ2) is 7.41. The highest BCUT2D eigenvalue weighted by atomic mass is 16.5. The number of carbonyl (C=O) groups is 1. The lowest BCUT2D eigenvalue weighted by atomic mass is 10.2. The normalized spacial score (nSPS) is 10.2. The minimum atomic E-state index is -0.814. The van der Waals surface area contributed by atoms with E-state index in [1.54, 1.807) is 18.3 Å². The van der Waals surface area contributed by atoms with Crippen molar-refractivity contribution in [3.63, 3.8) is 0 Å². The Bertz CT molecular complexity index is 504. The molecule has 0 aliphatic heterocycles. The van der Waals surface area contributed by atoms with Crippen molar-refractivity contribution in [2.75, 3.05) is 6.61 Å². The maximum atomic E-state index is 12.0. The van der Waals surface area contributed by atoms with Gasteiger partial charge in [-0.2, -0.15) is 0 Å². The molecule has 0 aliphatic carbocycles. The summed E-state index contributed by atoms with van der Waals surface area (Å²) in [4.78, 5) is 22.4. The van der Waals surface area contributed by atoms with E-state index in [0.29, 0.717) is 31.7 Å². The van der Waals surface area contributed by atoms with Crippen LogP contribution in [0.1, 0.15) is 26.2 Å². The van der Waals surface area contributed by atoms with Crippen LogP contribution < -0.4 is 10.3 Å². The van der Waals surface area contributed by atoms with Crippen molar-refractivity contribution in [1.29, 1.82) is 0 Å². The molecule has 1 N–H and O–H groups in total. The van der Waals surface area contributed by atoms with Crippen LogP contribution in [0.3, 0.4) is 0 Å². The average Bonchev–Trinajstić information content (AvgIpc) is 2.34. The highest BCUT2D eigenvalue weighted by Crippen LogP contribution is 2.05. The van der Waals surface area contributed by atoms with Gasteiger partial charge < -0.3 is 14.4 Å². The van der Waals surface area contributed by atoms with E-state index in [1.165, 1.54) is 4.57 Å². The van der Waals surface area contributed by atoms with Gasteiger partial charge in [-0.15, -0.1) is 0 Å². The first kappa shape index (κ1) is 15.0. The largest absolute Gasteiger partial charge is 0.484 e. The van der Waals surface area contributed by atoms with Crippen LogP contribution in [0.25, 0.3) is 0 Å². The summed E-state index contributed by atoms with van der Waals surface area (Å²) in [5, 5.41) is 8.53. The molecule has 0 amide bonds. The first-order valence-corrected chi connectivity index (χ1v) is 6.19. The molecule has 1 aromatic heterocycles. The van der Waals surface area contributed by atoms with Gasteiger partial charge in [0, 0.05) is 19.2 Å². The lowest BCUT2D eigenvalue weighted by molar-refractivity contribution is -0.137. The van der Waals surface area contributed by atoms with Gasteiger partial charge in [0.05, 0.1) is 0 Å². The van der Waals surface area contributed by atoms with Crippen LogP contribution >= 0.6 is 0 Å². The van der Waals surface area contributed by atoms with E-state index >= 15 is 0 Å². The van der Waals surface area contributed by atoms with Crippen molar-refractivity contribution < 1.29 is 14.6 Å². The van der Waals surface area contributed by atoms with Crippen molar-refractivity contribution >= 4 is 5.97 Å². The third kappa shape index (κ3) is 5.42. The molecule has 1 aromatic rings. The number of rotatable bonds is 8. The van der Waals surface area contributed by atoms with Gasteiger partial charge in [0.15, 0.2) is 5.75 Å². The highest BCUT2D eigenvalue weighted by Gasteiger charge is 2.04. The van der Waals surface area contributed by atoms with Crippen LogP contribution in [0, 0.1) is 0 Å². The molecule has 0 saturated heterocycles. The Balaban J connectivity index is 2.59. The van der Waals surface area contributed by atoms with E-state index in [2.05, 4.69) is 6.58 Å². The van der Waals surface area contributed by atoms with Crippen LogP contribution in [0.4, 0.5) is 0 Å². The minimum absolute atomic E-state index is 0.126. The Kier molecular flexibility index (Phi) is 5.85. The number of unbranched alkanes of at least 4 members (excludes halogenated alkanes) is 1. The van der Waals surface area contributed by atoms with Gasteiger partial charge in [-0.3, -0.25) is 9.59 Å². The molecular weight excluding hydrogens is 246 g/mol. The van der Waals surface area contributed by atoms with Crippen molar-refractivity contribution in [2.24, 2.45) is 0 Å². The van der Waals surface area contributed by atoms with Gasteiger partial charge in [0.2, 0.25) is 0 Å². The van der Waals surface area contributed by atoms with Crippen LogP contribution in [0.2, 0.25) is 0 Å². The molecule has 5 nitrogen and oxygen atoms in total. The Morgan fingerprint density at radius 3 is 2.84 bits per heavy atom. The molecular formula is C14H19NO4. The first-order valence-electron chi connectivity index (χ1n) is 6.19. The zero-order valence-electron chi connectivity index (χ0n) is 11.1. The quantitative estimate of drug-likeness (QED) is 0.577. The Morgan fingerprint density at radius 1 is 1.47 bits per heavy atom. The van der Waals surface area contributed by atoms with Gasteiger partial charge in [0.25, 0.3) is 5.56 Å². The van der Waals surface area contributed by atoms with Gasteiger partial charge in [-0.25, -0.2) is 0 Å². The third-order valence-corrected chi connectivity index (χ3v) is 2.50. The SMILES string of the molecule is C=C(C)COc1cccn(CCCCC(=O)O)c1=O. The summed E-state index contributed by atoms with van der Waals surface area (Å²) in [6.07, 6.45) is 3.01. The zero-order valence-corrected chi connectivity index (χ0v) is 11.1. The number of ether oxygens (including phenoxy) is 1. The van der Waals surface area contributed by atoms with E-state index in [0.717, 1.165) is 5.57 Å². The Morgan fingerprint density at radius 2 is 2.21 bits per heavy atom. The number of aliphatic carboxylic acids is 1. The van der Waals surface area contributed by atoms with Crippen LogP contribution in [-0.4, -0.2) is 22.2 Å². The van der Waals surface area contributed by atoms with Crippen LogP contribution in [0.15, 0.2) is 35.3 Å². The van der Waals surface area contributed by atoms with E-state index < -0.39 is 5.97 Å². The van der Waals surface area contributed by atoms with Gasteiger partial charge in [0.1, 0.15) is 6.61 Å². The fraction of sp³-hybridized carbons (Fsp3) is 0.429. The molecule has 0 saturated carbocycles. The van der Waals surface area contributed by atoms with Gasteiger partial charge >= 0.3 is 5.97 Å². The minimum Gasteiger partial charge on any atom is -0.484 e. The average molecular weight is 265 g/mol. The first-order chi connectivity index (χ1) is 9.00. The van der Waals surface area contributed by atoms with Gasteiger partial charge in [-0.05, 0) is 37.5 Å². The molecule has 0 fully saturated rings. The molecule has 0 aromatic carbocycles. The second-order valence-electron chi connectivity index (χ2n) is 4.47. The van der Waals surface area contributed by atoms with E-state index in [9.17, 15) is 9.59 Å². The summed E-state index contributed by atoms with van der Waals surface area (Å²) in [6.45, 7) is 6.35. The van der Waals surface area contributed by atoms with Crippen molar-refractivity contribution in [3.05, 3.63) is 40.8 Å². The molecule has 0 atom stereocenters.